The molecule has 0 atom stereocenters. The Hall–Kier alpha value is -2.23. The second-order valence-electron chi connectivity index (χ2n) is 6.27. The van der Waals surface area contributed by atoms with Crippen LogP contribution in [0, 0.1) is 19.3 Å². The number of aliphatic carboxylic acids is 1. The van der Waals surface area contributed by atoms with Gasteiger partial charge in [0.2, 0.25) is 0 Å². The number of rotatable bonds is 3. The summed E-state index contributed by atoms with van der Waals surface area (Å²) in [5, 5.41) is 11.3. The molecule has 3 rings (SSSR count). The van der Waals surface area contributed by atoms with Gasteiger partial charge in [-0.25, -0.2) is 0 Å². The molecule has 0 aliphatic heterocycles. The minimum Gasteiger partial charge on any atom is -0.481 e. The quantitative estimate of drug-likeness (QED) is 0.772. The Morgan fingerprint density at radius 2 is 1.81 bits per heavy atom. The first-order valence-electron chi connectivity index (χ1n) is 6.93. The summed E-state index contributed by atoms with van der Waals surface area (Å²) in [6.45, 7) is 7.23. The van der Waals surface area contributed by atoms with E-state index in [1.54, 1.807) is 13.8 Å². The van der Waals surface area contributed by atoms with Crippen LogP contribution in [0.5, 0.6) is 0 Å². The van der Waals surface area contributed by atoms with Gasteiger partial charge >= 0.3 is 5.97 Å². The van der Waals surface area contributed by atoms with Gasteiger partial charge in [-0.05, 0) is 52.3 Å². The van der Waals surface area contributed by atoms with E-state index in [0.717, 1.165) is 39.0 Å². The van der Waals surface area contributed by atoms with Crippen molar-refractivity contribution < 1.29 is 18.7 Å². The molecule has 0 fully saturated rings. The van der Waals surface area contributed by atoms with Gasteiger partial charge in [-0.3, -0.25) is 4.79 Å². The van der Waals surface area contributed by atoms with E-state index < -0.39 is 11.4 Å². The molecule has 21 heavy (non-hydrogen) atoms. The molecule has 0 aliphatic rings. The van der Waals surface area contributed by atoms with Gasteiger partial charge < -0.3 is 13.9 Å². The maximum Gasteiger partial charge on any atom is 0.309 e. The number of fused-ring (bicyclic) bond motifs is 2. The molecular weight excluding hydrogens is 268 g/mol. The molecule has 0 saturated carbocycles. The third-order valence-corrected chi connectivity index (χ3v) is 3.85. The molecule has 0 saturated heterocycles. The molecule has 1 N–H and O–H groups in total. The van der Waals surface area contributed by atoms with E-state index in [2.05, 4.69) is 0 Å². The number of furan rings is 2. The van der Waals surface area contributed by atoms with E-state index in [-0.39, 0.29) is 0 Å². The predicted octanol–water partition coefficient (Wildman–Crippen LogP) is 4.45. The molecule has 3 aromatic rings. The van der Waals surface area contributed by atoms with Crippen LogP contribution in [0.4, 0.5) is 0 Å². The molecule has 4 heteroatoms. The molecule has 0 spiro atoms. The van der Waals surface area contributed by atoms with Crippen molar-refractivity contribution in [3.63, 3.8) is 0 Å². The molecule has 0 unspecified atom stereocenters. The standard InChI is InChI=1S/C17H18O4/c1-9-5-11-7-14-12(6-10(2)20-14)13(15(11)21-9)8-17(3,4)16(18)19/h5-7H,8H2,1-4H3,(H,18,19). The van der Waals surface area contributed by atoms with Gasteiger partial charge in [-0.2, -0.15) is 0 Å². The topological polar surface area (TPSA) is 63.6 Å². The van der Waals surface area contributed by atoms with Crippen molar-refractivity contribution >= 4 is 27.9 Å². The summed E-state index contributed by atoms with van der Waals surface area (Å²) in [5.41, 5.74) is 1.57. The van der Waals surface area contributed by atoms with E-state index in [0.29, 0.717) is 6.42 Å². The Kier molecular flexibility index (Phi) is 2.87. The summed E-state index contributed by atoms with van der Waals surface area (Å²) in [7, 11) is 0. The third-order valence-electron chi connectivity index (χ3n) is 3.85. The van der Waals surface area contributed by atoms with Gasteiger partial charge in [0, 0.05) is 16.3 Å². The number of hydrogen-bond donors (Lipinski definition) is 1. The number of aryl methyl sites for hydroxylation is 2. The maximum absolute atomic E-state index is 11.5. The second-order valence-corrected chi connectivity index (χ2v) is 6.27. The summed E-state index contributed by atoms with van der Waals surface area (Å²) in [5.74, 6) is 0.795. The van der Waals surface area contributed by atoms with Crippen LogP contribution in [-0.4, -0.2) is 11.1 Å². The summed E-state index contributed by atoms with van der Waals surface area (Å²) in [6.07, 6.45) is 0.391. The van der Waals surface area contributed by atoms with Crippen LogP contribution >= 0.6 is 0 Å². The minimum absolute atomic E-state index is 0.391. The van der Waals surface area contributed by atoms with Crippen LogP contribution in [0.1, 0.15) is 30.9 Å². The van der Waals surface area contributed by atoms with Gasteiger partial charge in [-0.15, -0.1) is 0 Å². The van der Waals surface area contributed by atoms with E-state index >= 15 is 0 Å². The normalized spacial score (nSPS) is 12.4. The van der Waals surface area contributed by atoms with Crippen molar-refractivity contribution in [3.8, 4) is 0 Å². The fourth-order valence-electron chi connectivity index (χ4n) is 2.71. The molecule has 0 aliphatic carbocycles. The molecule has 2 aromatic heterocycles. The van der Waals surface area contributed by atoms with Crippen molar-refractivity contribution in [2.45, 2.75) is 34.1 Å². The van der Waals surface area contributed by atoms with Gasteiger partial charge in [0.25, 0.3) is 0 Å². The zero-order chi connectivity index (χ0) is 15.4. The highest BCUT2D eigenvalue weighted by Crippen LogP contribution is 2.36. The first-order valence-corrected chi connectivity index (χ1v) is 6.93. The van der Waals surface area contributed by atoms with Crippen molar-refractivity contribution in [1.82, 2.24) is 0 Å². The zero-order valence-electron chi connectivity index (χ0n) is 12.6. The Morgan fingerprint density at radius 1 is 1.14 bits per heavy atom. The van der Waals surface area contributed by atoms with Crippen molar-refractivity contribution in [1.29, 1.82) is 0 Å². The number of benzene rings is 1. The number of carboxylic acid groups (broad SMARTS) is 1. The van der Waals surface area contributed by atoms with Crippen LogP contribution in [-0.2, 0) is 11.2 Å². The lowest BCUT2D eigenvalue weighted by Gasteiger charge is -2.19. The zero-order valence-corrected chi connectivity index (χ0v) is 12.6. The van der Waals surface area contributed by atoms with Crippen LogP contribution < -0.4 is 0 Å². The first kappa shape index (κ1) is 13.7. The van der Waals surface area contributed by atoms with Gasteiger partial charge in [0.15, 0.2) is 0 Å². The summed E-state index contributed by atoms with van der Waals surface area (Å²) >= 11 is 0. The van der Waals surface area contributed by atoms with E-state index in [1.807, 2.05) is 32.0 Å². The smallest absolute Gasteiger partial charge is 0.309 e. The van der Waals surface area contributed by atoms with Crippen molar-refractivity contribution in [3.05, 3.63) is 35.3 Å². The molecule has 110 valence electrons. The highest BCUT2D eigenvalue weighted by Gasteiger charge is 2.30. The second kappa shape index (κ2) is 4.38. The number of carbonyl (C=O) groups is 1. The summed E-state index contributed by atoms with van der Waals surface area (Å²) < 4.78 is 11.5. The average molecular weight is 286 g/mol. The monoisotopic (exact) mass is 286 g/mol. The third kappa shape index (κ3) is 2.20. The highest BCUT2D eigenvalue weighted by atomic mass is 16.4. The number of hydrogen-bond acceptors (Lipinski definition) is 3. The minimum atomic E-state index is -0.868. The molecule has 1 aromatic carbocycles. The fraction of sp³-hybridized carbons (Fsp3) is 0.353. The Bertz CT molecular complexity index is 794. The van der Waals surface area contributed by atoms with Crippen molar-refractivity contribution in [2.75, 3.05) is 0 Å². The Balaban J connectivity index is 2.31. The summed E-state index contributed by atoms with van der Waals surface area (Å²) in [6, 6.07) is 5.84. The van der Waals surface area contributed by atoms with Gasteiger partial charge in [0.05, 0.1) is 5.41 Å². The van der Waals surface area contributed by atoms with Gasteiger partial charge in [-0.1, -0.05) is 0 Å². The van der Waals surface area contributed by atoms with E-state index in [9.17, 15) is 9.90 Å². The van der Waals surface area contributed by atoms with Crippen LogP contribution in [0.3, 0.4) is 0 Å². The molecule has 0 radical (unpaired) electrons. The van der Waals surface area contributed by atoms with Crippen molar-refractivity contribution in [2.24, 2.45) is 5.41 Å². The largest absolute Gasteiger partial charge is 0.481 e. The average Bonchev–Trinajstić information content (AvgIpc) is 2.90. The van der Waals surface area contributed by atoms with E-state index in [1.165, 1.54) is 0 Å². The maximum atomic E-state index is 11.5. The fourth-order valence-corrected chi connectivity index (χ4v) is 2.71. The lowest BCUT2D eigenvalue weighted by molar-refractivity contribution is -0.146. The Morgan fingerprint density at radius 3 is 2.48 bits per heavy atom. The molecule has 0 amide bonds. The molecule has 2 heterocycles. The lowest BCUT2D eigenvalue weighted by Crippen LogP contribution is -2.26. The summed E-state index contributed by atoms with van der Waals surface area (Å²) in [4.78, 5) is 11.5. The molecule has 0 bridgehead atoms. The van der Waals surface area contributed by atoms with Crippen LogP contribution in [0.2, 0.25) is 0 Å². The first-order chi connectivity index (χ1) is 9.78. The molecular formula is C17H18O4. The van der Waals surface area contributed by atoms with E-state index in [4.69, 9.17) is 8.83 Å². The Labute approximate surface area is 122 Å². The predicted molar refractivity (Wildman–Crippen MR) is 80.6 cm³/mol. The molecule has 4 nitrogen and oxygen atoms in total. The van der Waals surface area contributed by atoms with Crippen LogP contribution in [0.15, 0.2) is 27.0 Å². The lowest BCUT2D eigenvalue weighted by atomic mass is 9.84. The van der Waals surface area contributed by atoms with Crippen LogP contribution in [0.25, 0.3) is 21.9 Å². The highest BCUT2D eigenvalue weighted by molar-refractivity contribution is 5.98. The number of carboxylic acids is 1. The van der Waals surface area contributed by atoms with Gasteiger partial charge in [0.1, 0.15) is 22.7 Å². The SMILES string of the molecule is Cc1cc2c(CC(C)(C)C(=O)O)c3oc(C)cc3cc2o1.